The van der Waals surface area contributed by atoms with Crippen LogP contribution in [0.4, 0.5) is 10.5 Å². The van der Waals surface area contributed by atoms with Gasteiger partial charge in [-0.2, -0.15) is 5.26 Å². The van der Waals surface area contributed by atoms with Crippen molar-refractivity contribution < 1.29 is 4.79 Å². The van der Waals surface area contributed by atoms with Crippen molar-refractivity contribution in [2.45, 2.75) is 19.4 Å². The van der Waals surface area contributed by atoms with Gasteiger partial charge in [0, 0.05) is 44.3 Å². The van der Waals surface area contributed by atoms with Crippen LogP contribution < -0.4 is 10.2 Å². The van der Waals surface area contributed by atoms with Gasteiger partial charge in [0.15, 0.2) is 0 Å². The molecule has 1 aliphatic rings. The summed E-state index contributed by atoms with van der Waals surface area (Å²) in [6, 6.07) is 13.5. The molecule has 0 radical (unpaired) electrons. The second kappa shape index (κ2) is 8.34. The number of urea groups is 1. The molecule has 2 heterocycles. The van der Waals surface area contributed by atoms with Gasteiger partial charge < -0.3 is 15.1 Å². The third-order valence-corrected chi connectivity index (χ3v) is 4.67. The van der Waals surface area contributed by atoms with Crippen molar-refractivity contribution >= 4 is 11.7 Å². The number of pyridine rings is 1. The molecule has 2 aromatic rings. The minimum atomic E-state index is -0.0749. The molecule has 6 heteroatoms. The Hall–Kier alpha value is -3.07. The van der Waals surface area contributed by atoms with Crippen molar-refractivity contribution in [3.63, 3.8) is 0 Å². The van der Waals surface area contributed by atoms with E-state index in [1.165, 1.54) is 0 Å². The molecule has 1 atom stereocenters. The Labute approximate surface area is 154 Å². The average molecular weight is 349 g/mol. The summed E-state index contributed by atoms with van der Waals surface area (Å²) >= 11 is 0. The number of amides is 2. The molecule has 6 nitrogen and oxygen atoms in total. The highest BCUT2D eigenvalue weighted by molar-refractivity contribution is 5.74. The number of carbonyl (C=O) groups excluding carboxylic acids is 1. The summed E-state index contributed by atoms with van der Waals surface area (Å²) in [5.41, 5.74) is 2.75. The number of nitriles is 1. The van der Waals surface area contributed by atoms with E-state index in [0.29, 0.717) is 12.1 Å². The minimum absolute atomic E-state index is 0.0389. The molecule has 26 heavy (non-hydrogen) atoms. The lowest BCUT2D eigenvalue weighted by Gasteiger charge is -2.25. The Morgan fingerprint density at radius 1 is 1.19 bits per heavy atom. The lowest BCUT2D eigenvalue weighted by atomic mass is 10.1. The first kappa shape index (κ1) is 17.7. The van der Waals surface area contributed by atoms with Crippen LogP contribution in [0.2, 0.25) is 0 Å². The summed E-state index contributed by atoms with van der Waals surface area (Å²) in [5.74, 6) is 0. The summed E-state index contributed by atoms with van der Waals surface area (Å²) in [5, 5.41) is 12.0. The van der Waals surface area contributed by atoms with Crippen LogP contribution in [0, 0.1) is 11.3 Å². The molecule has 1 aliphatic heterocycles. The minimum Gasteiger partial charge on any atom is -0.370 e. The van der Waals surface area contributed by atoms with Crippen LogP contribution in [0.5, 0.6) is 0 Å². The normalized spacial score (nSPS) is 15.7. The van der Waals surface area contributed by atoms with Gasteiger partial charge in [-0.05, 0) is 49.2 Å². The zero-order chi connectivity index (χ0) is 18.4. The maximum Gasteiger partial charge on any atom is 0.317 e. The molecule has 1 N–H and O–H groups in total. The van der Waals surface area contributed by atoms with Gasteiger partial charge in [0.05, 0.1) is 17.7 Å². The number of aromatic nitrogens is 1. The van der Waals surface area contributed by atoms with E-state index >= 15 is 0 Å². The number of nitrogens with zero attached hydrogens (tertiary/aromatic N) is 4. The number of rotatable bonds is 3. The van der Waals surface area contributed by atoms with Crippen molar-refractivity contribution in [1.29, 1.82) is 5.26 Å². The molecule has 3 rings (SSSR count). The highest BCUT2D eigenvalue weighted by Crippen LogP contribution is 2.18. The maximum atomic E-state index is 12.6. The number of hydrogen-bond donors (Lipinski definition) is 1. The van der Waals surface area contributed by atoms with Gasteiger partial charge >= 0.3 is 6.03 Å². The molecule has 1 saturated heterocycles. The van der Waals surface area contributed by atoms with Gasteiger partial charge in [0.2, 0.25) is 0 Å². The molecule has 134 valence electrons. The highest BCUT2D eigenvalue weighted by Gasteiger charge is 2.21. The molecule has 1 aromatic carbocycles. The molecule has 0 bridgehead atoms. The molecule has 1 unspecified atom stereocenters. The fraction of sp³-hybridized carbons (Fsp3) is 0.350. The predicted octanol–water partition coefficient (Wildman–Crippen LogP) is 2.94. The first-order valence-corrected chi connectivity index (χ1v) is 8.88. The van der Waals surface area contributed by atoms with Gasteiger partial charge in [-0.25, -0.2) is 4.79 Å². The standard InChI is InChI=1S/C20H23N5O/c1-16(18-4-2-9-22-15-18)23-20(26)25-11-3-10-24(12-13-25)19-7-5-17(14-21)6-8-19/h2,4-9,15-16H,3,10-13H2,1H3,(H,23,26). The second-order valence-corrected chi connectivity index (χ2v) is 6.44. The Morgan fingerprint density at radius 2 is 2.00 bits per heavy atom. The monoisotopic (exact) mass is 349 g/mol. The fourth-order valence-corrected chi connectivity index (χ4v) is 3.12. The average Bonchev–Trinajstić information content (AvgIpc) is 2.95. The lowest BCUT2D eigenvalue weighted by Crippen LogP contribution is -2.43. The molecule has 2 amide bonds. The number of carbonyl (C=O) groups is 1. The van der Waals surface area contributed by atoms with E-state index in [1.807, 2.05) is 48.2 Å². The Kier molecular flexibility index (Phi) is 5.69. The van der Waals surface area contributed by atoms with E-state index in [0.717, 1.165) is 37.3 Å². The van der Waals surface area contributed by atoms with Gasteiger partial charge in [-0.1, -0.05) is 6.07 Å². The molecule has 0 aliphatic carbocycles. The zero-order valence-electron chi connectivity index (χ0n) is 14.9. The number of anilines is 1. The Bertz CT molecular complexity index is 769. The SMILES string of the molecule is CC(NC(=O)N1CCCN(c2ccc(C#N)cc2)CC1)c1cccnc1. The predicted molar refractivity (Wildman–Crippen MR) is 101 cm³/mol. The van der Waals surface area contributed by atoms with Crippen molar-refractivity contribution in [3.05, 3.63) is 59.9 Å². The largest absolute Gasteiger partial charge is 0.370 e. The first-order chi connectivity index (χ1) is 12.7. The highest BCUT2D eigenvalue weighted by atomic mass is 16.2. The van der Waals surface area contributed by atoms with E-state index < -0.39 is 0 Å². The van der Waals surface area contributed by atoms with Crippen molar-refractivity contribution in [2.75, 3.05) is 31.1 Å². The van der Waals surface area contributed by atoms with Crippen LogP contribution in [0.15, 0.2) is 48.8 Å². The van der Waals surface area contributed by atoms with Crippen LogP contribution in [-0.2, 0) is 0 Å². The Balaban J connectivity index is 1.57. The van der Waals surface area contributed by atoms with Crippen LogP contribution in [0.1, 0.15) is 30.5 Å². The topological polar surface area (TPSA) is 72.3 Å². The first-order valence-electron chi connectivity index (χ1n) is 8.88. The van der Waals surface area contributed by atoms with Gasteiger partial charge in [-0.15, -0.1) is 0 Å². The summed E-state index contributed by atoms with van der Waals surface area (Å²) < 4.78 is 0. The summed E-state index contributed by atoms with van der Waals surface area (Å²) in [7, 11) is 0. The van der Waals surface area contributed by atoms with E-state index in [2.05, 4.69) is 21.3 Å². The Morgan fingerprint density at radius 3 is 2.69 bits per heavy atom. The second-order valence-electron chi connectivity index (χ2n) is 6.44. The number of hydrogen-bond acceptors (Lipinski definition) is 4. The van der Waals surface area contributed by atoms with Crippen LogP contribution >= 0.6 is 0 Å². The van der Waals surface area contributed by atoms with E-state index in [4.69, 9.17) is 5.26 Å². The number of nitrogens with one attached hydrogen (secondary N) is 1. The number of benzene rings is 1. The van der Waals surface area contributed by atoms with Crippen LogP contribution in [0.25, 0.3) is 0 Å². The third-order valence-electron chi connectivity index (χ3n) is 4.67. The van der Waals surface area contributed by atoms with Crippen LogP contribution in [0.3, 0.4) is 0 Å². The quantitative estimate of drug-likeness (QED) is 0.925. The van der Waals surface area contributed by atoms with E-state index in [9.17, 15) is 4.79 Å². The smallest absolute Gasteiger partial charge is 0.317 e. The van der Waals surface area contributed by atoms with Gasteiger partial charge in [0.25, 0.3) is 0 Å². The third kappa shape index (κ3) is 4.31. The molecule has 0 spiro atoms. The molecular weight excluding hydrogens is 326 g/mol. The zero-order valence-corrected chi connectivity index (χ0v) is 14.9. The molecule has 0 saturated carbocycles. The summed E-state index contributed by atoms with van der Waals surface area (Å²) in [4.78, 5) is 20.8. The van der Waals surface area contributed by atoms with Crippen molar-refractivity contribution in [1.82, 2.24) is 15.2 Å². The van der Waals surface area contributed by atoms with Crippen molar-refractivity contribution in [2.24, 2.45) is 0 Å². The van der Waals surface area contributed by atoms with E-state index in [1.54, 1.807) is 12.4 Å². The maximum absolute atomic E-state index is 12.6. The molecule has 1 fully saturated rings. The lowest BCUT2D eigenvalue weighted by molar-refractivity contribution is 0.198. The fourth-order valence-electron chi connectivity index (χ4n) is 3.12. The van der Waals surface area contributed by atoms with Gasteiger partial charge in [0.1, 0.15) is 0 Å². The summed E-state index contributed by atoms with van der Waals surface area (Å²) in [6.45, 7) is 5.05. The molecular formula is C20H23N5O. The van der Waals surface area contributed by atoms with Gasteiger partial charge in [-0.3, -0.25) is 4.98 Å². The summed E-state index contributed by atoms with van der Waals surface area (Å²) in [6.07, 6.45) is 4.42. The van der Waals surface area contributed by atoms with Crippen molar-refractivity contribution in [3.8, 4) is 6.07 Å². The van der Waals surface area contributed by atoms with Crippen LogP contribution in [-0.4, -0.2) is 42.1 Å². The van der Waals surface area contributed by atoms with E-state index in [-0.39, 0.29) is 12.1 Å². The molecule has 1 aromatic heterocycles.